The van der Waals surface area contributed by atoms with Crippen LogP contribution < -0.4 is 4.74 Å². The summed E-state index contributed by atoms with van der Waals surface area (Å²) in [6, 6.07) is 18.9. The lowest BCUT2D eigenvalue weighted by atomic mass is 9.97. The average Bonchev–Trinajstić information content (AvgIpc) is 3.35. The van der Waals surface area contributed by atoms with Gasteiger partial charge < -0.3 is 14.4 Å². The zero-order valence-electron chi connectivity index (χ0n) is 17.4. The lowest BCUT2D eigenvalue weighted by molar-refractivity contribution is -0.145. The van der Waals surface area contributed by atoms with Gasteiger partial charge in [-0.1, -0.05) is 48.5 Å². The van der Waals surface area contributed by atoms with Gasteiger partial charge in [-0.2, -0.15) is 0 Å². The highest BCUT2D eigenvalue weighted by atomic mass is 16.5. The number of hydrogen-bond acceptors (Lipinski definition) is 5. The number of benzene rings is 2. The van der Waals surface area contributed by atoms with Crippen molar-refractivity contribution < 1.29 is 19.1 Å². The van der Waals surface area contributed by atoms with Gasteiger partial charge in [0.15, 0.2) is 0 Å². The molecule has 2 aliphatic rings. The van der Waals surface area contributed by atoms with Crippen molar-refractivity contribution in [1.82, 2.24) is 4.90 Å². The summed E-state index contributed by atoms with van der Waals surface area (Å²) in [7, 11) is 2.15. The average molecular weight is 408 g/mol. The van der Waals surface area contributed by atoms with Crippen LogP contribution in [0.25, 0.3) is 0 Å². The predicted molar refractivity (Wildman–Crippen MR) is 114 cm³/mol. The Kier molecular flexibility index (Phi) is 6.48. The highest BCUT2D eigenvalue weighted by Crippen LogP contribution is 2.48. The topological polar surface area (TPSA) is 55.8 Å². The van der Waals surface area contributed by atoms with Crippen molar-refractivity contribution >= 4 is 11.8 Å². The Bertz CT molecular complexity index is 854. The maximum Gasteiger partial charge on any atom is 0.379 e. The Balaban J connectivity index is 1.26. The van der Waals surface area contributed by atoms with Gasteiger partial charge in [-0.05, 0) is 50.8 Å². The zero-order chi connectivity index (χ0) is 20.9. The Morgan fingerprint density at radius 2 is 1.70 bits per heavy atom. The van der Waals surface area contributed by atoms with Crippen molar-refractivity contribution in [3.63, 3.8) is 0 Å². The fourth-order valence-electron chi connectivity index (χ4n) is 5.12. The minimum atomic E-state index is -0.726. The van der Waals surface area contributed by atoms with E-state index < -0.39 is 11.8 Å². The third-order valence-electron chi connectivity index (χ3n) is 6.46. The molecule has 5 nitrogen and oxygen atoms in total. The van der Waals surface area contributed by atoms with Crippen molar-refractivity contribution in [2.75, 3.05) is 20.2 Å². The number of para-hydroxylation sites is 1. The summed E-state index contributed by atoms with van der Waals surface area (Å²) in [5.41, 5.74) is 0.387. The van der Waals surface area contributed by atoms with Crippen LogP contribution in [0.1, 0.15) is 36.0 Å². The largest absolute Gasteiger partial charge is 0.494 e. The second-order valence-electron chi connectivity index (χ2n) is 8.36. The molecule has 2 aromatic rings. The van der Waals surface area contributed by atoms with E-state index in [0.29, 0.717) is 30.0 Å². The van der Waals surface area contributed by atoms with Crippen LogP contribution >= 0.6 is 0 Å². The molecule has 4 rings (SSSR count). The molecule has 0 aliphatic heterocycles. The van der Waals surface area contributed by atoms with E-state index in [1.165, 1.54) is 6.42 Å². The summed E-state index contributed by atoms with van der Waals surface area (Å²) in [5, 5.41) is 0. The molecule has 30 heavy (non-hydrogen) atoms. The van der Waals surface area contributed by atoms with Gasteiger partial charge in [-0.3, -0.25) is 4.79 Å². The first-order chi connectivity index (χ1) is 14.6. The molecule has 0 radical (unpaired) electrons. The second kappa shape index (κ2) is 9.43. The number of carbonyl (C=O) groups is 2. The highest BCUT2D eigenvalue weighted by molar-refractivity contribution is 6.40. The molecule has 0 heterocycles. The molecular weight excluding hydrogens is 378 g/mol. The van der Waals surface area contributed by atoms with Gasteiger partial charge >= 0.3 is 5.97 Å². The van der Waals surface area contributed by atoms with Gasteiger partial charge in [-0.15, -0.1) is 0 Å². The quantitative estimate of drug-likeness (QED) is 0.272. The number of hydrogen-bond donors (Lipinski definition) is 0. The summed E-state index contributed by atoms with van der Waals surface area (Å²) in [5.74, 6) is 0.455. The zero-order valence-corrected chi connectivity index (χ0v) is 17.4. The summed E-state index contributed by atoms with van der Waals surface area (Å²) in [4.78, 5) is 27.1. The SMILES string of the molecule is CN(CCCOc1ccccc1)C1C2CC[C@@H]1[C@H](OC(=O)C(=O)c1ccccc1)C2. The molecule has 0 spiro atoms. The number of esters is 1. The van der Waals surface area contributed by atoms with Crippen LogP contribution in [0.3, 0.4) is 0 Å². The standard InChI is InChI=1S/C25H29NO4/c1-26(15-8-16-29-20-11-6-3-7-12-20)23-19-13-14-21(23)22(17-19)30-25(28)24(27)18-9-4-2-5-10-18/h2-7,9-12,19,21-23H,8,13-17H2,1H3/t19?,21-,22-,23?/m1/s1. The van der Waals surface area contributed by atoms with Gasteiger partial charge in [0.25, 0.3) is 5.78 Å². The summed E-state index contributed by atoms with van der Waals surface area (Å²) in [6.45, 7) is 1.62. The van der Waals surface area contributed by atoms with E-state index in [0.717, 1.165) is 31.6 Å². The molecule has 0 saturated heterocycles. The number of Topliss-reactive ketones (excluding diaryl/α,β-unsaturated/α-hetero) is 1. The van der Waals surface area contributed by atoms with E-state index in [9.17, 15) is 9.59 Å². The third-order valence-corrected chi connectivity index (χ3v) is 6.46. The van der Waals surface area contributed by atoms with E-state index in [1.54, 1.807) is 24.3 Å². The van der Waals surface area contributed by atoms with Crippen LogP contribution in [0.2, 0.25) is 0 Å². The van der Waals surface area contributed by atoms with Crippen molar-refractivity contribution in [3.05, 3.63) is 66.2 Å². The van der Waals surface area contributed by atoms with Crippen LogP contribution in [0.5, 0.6) is 5.75 Å². The number of nitrogens with zero attached hydrogens (tertiary/aromatic N) is 1. The number of fused-ring (bicyclic) bond motifs is 2. The Morgan fingerprint density at radius 3 is 2.43 bits per heavy atom. The number of carbonyl (C=O) groups excluding carboxylic acids is 2. The monoisotopic (exact) mass is 407 g/mol. The molecule has 2 aromatic carbocycles. The summed E-state index contributed by atoms with van der Waals surface area (Å²) < 4.78 is 11.5. The van der Waals surface area contributed by atoms with Crippen molar-refractivity contribution in [2.24, 2.45) is 11.8 Å². The maximum atomic E-state index is 12.4. The lowest BCUT2D eigenvalue weighted by Crippen LogP contribution is -2.39. The number of rotatable bonds is 9. The first-order valence-corrected chi connectivity index (χ1v) is 10.8. The Morgan fingerprint density at radius 1 is 1.00 bits per heavy atom. The van der Waals surface area contributed by atoms with Gasteiger partial charge in [0.05, 0.1) is 6.61 Å². The fraction of sp³-hybridized carbons (Fsp3) is 0.440. The fourth-order valence-corrected chi connectivity index (χ4v) is 5.12. The molecule has 0 aromatic heterocycles. The molecule has 2 saturated carbocycles. The van der Waals surface area contributed by atoms with Crippen LogP contribution in [-0.2, 0) is 9.53 Å². The normalized spacial score (nSPS) is 24.7. The number of ether oxygens (including phenoxy) is 2. The third kappa shape index (κ3) is 4.57. The Labute approximate surface area is 178 Å². The van der Waals surface area contributed by atoms with Gasteiger partial charge in [0.2, 0.25) is 0 Å². The smallest absolute Gasteiger partial charge is 0.379 e. The molecule has 0 amide bonds. The highest BCUT2D eigenvalue weighted by Gasteiger charge is 2.51. The minimum absolute atomic E-state index is 0.156. The van der Waals surface area contributed by atoms with E-state index in [1.807, 2.05) is 36.4 Å². The molecule has 2 bridgehead atoms. The molecule has 2 fully saturated rings. The lowest BCUT2D eigenvalue weighted by Gasteiger charge is -2.29. The molecular formula is C25H29NO4. The van der Waals surface area contributed by atoms with Gasteiger partial charge in [-0.25, -0.2) is 4.79 Å². The Hall–Kier alpha value is -2.66. The van der Waals surface area contributed by atoms with Crippen molar-refractivity contribution in [1.29, 1.82) is 0 Å². The van der Waals surface area contributed by atoms with Crippen LogP contribution in [0.4, 0.5) is 0 Å². The van der Waals surface area contributed by atoms with Crippen molar-refractivity contribution in [3.8, 4) is 5.75 Å². The second-order valence-corrected chi connectivity index (χ2v) is 8.36. The molecule has 0 N–H and O–H groups in total. The summed E-state index contributed by atoms with van der Waals surface area (Å²) in [6.07, 6.45) is 3.86. The van der Waals surface area contributed by atoms with Crippen molar-refractivity contribution in [2.45, 2.75) is 37.8 Å². The molecule has 2 aliphatic carbocycles. The van der Waals surface area contributed by atoms with Crippen LogP contribution in [0, 0.1) is 11.8 Å². The maximum absolute atomic E-state index is 12.4. The minimum Gasteiger partial charge on any atom is -0.494 e. The molecule has 4 atom stereocenters. The summed E-state index contributed by atoms with van der Waals surface area (Å²) >= 11 is 0. The predicted octanol–water partition coefficient (Wildman–Crippen LogP) is 3.98. The van der Waals surface area contributed by atoms with Gasteiger partial charge in [0.1, 0.15) is 11.9 Å². The van der Waals surface area contributed by atoms with E-state index in [4.69, 9.17) is 9.47 Å². The van der Waals surface area contributed by atoms with E-state index >= 15 is 0 Å². The van der Waals surface area contributed by atoms with Crippen LogP contribution in [-0.4, -0.2) is 49.0 Å². The number of ketones is 1. The van der Waals surface area contributed by atoms with Gasteiger partial charge in [0, 0.05) is 24.1 Å². The molecule has 2 unspecified atom stereocenters. The van der Waals surface area contributed by atoms with Crippen LogP contribution in [0.15, 0.2) is 60.7 Å². The van der Waals surface area contributed by atoms with E-state index in [2.05, 4.69) is 11.9 Å². The molecule has 158 valence electrons. The molecule has 5 heteroatoms. The van der Waals surface area contributed by atoms with E-state index in [-0.39, 0.29) is 6.10 Å². The first kappa shape index (κ1) is 20.6. The first-order valence-electron chi connectivity index (χ1n) is 10.8.